The highest BCUT2D eigenvalue weighted by molar-refractivity contribution is 6.65. The van der Waals surface area contributed by atoms with Crippen LogP contribution < -0.4 is 0 Å². The maximum atomic E-state index is 6.65. The molecule has 1 aromatic carbocycles. The molecule has 1 aliphatic carbocycles. The summed E-state index contributed by atoms with van der Waals surface area (Å²) in [6.45, 7) is 7.45. The van der Waals surface area contributed by atoms with Crippen LogP contribution in [0.1, 0.15) is 37.8 Å². The van der Waals surface area contributed by atoms with Crippen LogP contribution in [0.3, 0.4) is 0 Å². The smallest absolute Gasteiger partial charge is 0.201 e. The van der Waals surface area contributed by atoms with Crippen molar-refractivity contribution in [1.82, 2.24) is 4.90 Å². The van der Waals surface area contributed by atoms with Crippen LogP contribution >= 0.6 is 23.2 Å². The van der Waals surface area contributed by atoms with Crippen molar-refractivity contribution in [2.24, 2.45) is 10.9 Å². The Labute approximate surface area is 135 Å². The van der Waals surface area contributed by atoms with Gasteiger partial charge in [0.15, 0.2) is 5.72 Å². The van der Waals surface area contributed by atoms with E-state index in [1.54, 1.807) is 0 Å². The molecule has 3 nitrogen and oxygen atoms in total. The second kappa shape index (κ2) is 5.45. The van der Waals surface area contributed by atoms with Crippen molar-refractivity contribution in [3.63, 3.8) is 0 Å². The van der Waals surface area contributed by atoms with Crippen LogP contribution in [0.2, 0.25) is 5.02 Å². The van der Waals surface area contributed by atoms with Gasteiger partial charge in [0.25, 0.3) is 0 Å². The number of hydrogen-bond donors (Lipinski definition) is 0. The zero-order valence-electron chi connectivity index (χ0n) is 12.6. The summed E-state index contributed by atoms with van der Waals surface area (Å²) >= 11 is 13.1. The fourth-order valence-corrected chi connectivity index (χ4v) is 3.92. The molecule has 3 rings (SSSR count). The second-order valence-corrected chi connectivity index (χ2v) is 6.34. The van der Waals surface area contributed by atoms with Crippen LogP contribution in [0.5, 0.6) is 0 Å². The van der Waals surface area contributed by atoms with Crippen molar-refractivity contribution >= 4 is 34.2 Å². The first-order valence-corrected chi connectivity index (χ1v) is 8.27. The van der Waals surface area contributed by atoms with E-state index in [0.29, 0.717) is 17.8 Å². The number of halogens is 2. The molecule has 1 aliphatic heterocycles. The summed E-state index contributed by atoms with van der Waals surface area (Å²) in [5.74, 6) is 0.416. The maximum absolute atomic E-state index is 6.65. The average Bonchev–Trinajstić information content (AvgIpc) is 3.28. The van der Waals surface area contributed by atoms with Crippen molar-refractivity contribution < 1.29 is 4.74 Å². The molecule has 5 heteroatoms. The van der Waals surface area contributed by atoms with Crippen molar-refractivity contribution in [3.8, 4) is 0 Å². The summed E-state index contributed by atoms with van der Waals surface area (Å²) in [6, 6.07) is 3.97. The van der Waals surface area contributed by atoms with Crippen LogP contribution in [0.4, 0.5) is 5.69 Å². The summed E-state index contributed by atoms with van der Waals surface area (Å²) in [5, 5.41) is 1.24. The lowest BCUT2D eigenvalue weighted by Crippen LogP contribution is -2.53. The molecule has 1 aromatic rings. The van der Waals surface area contributed by atoms with Crippen LogP contribution in [-0.2, 0) is 10.5 Å². The van der Waals surface area contributed by atoms with E-state index < -0.39 is 5.72 Å². The van der Waals surface area contributed by atoms with E-state index in [4.69, 9.17) is 27.9 Å². The van der Waals surface area contributed by atoms with Gasteiger partial charge in [-0.2, -0.15) is 0 Å². The Hall–Kier alpha value is -0.770. The largest absolute Gasteiger partial charge is 0.351 e. The highest BCUT2D eigenvalue weighted by Crippen LogP contribution is 2.56. The number of nitrogens with zero attached hydrogens (tertiary/aromatic N) is 2. The van der Waals surface area contributed by atoms with Crippen molar-refractivity contribution in [1.29, 1.82) is 0 Å². The second-order valence-electron chi connectivity index (χ2n) is 5.62. The molecule has 1 heterocycles. The normalized spacial score (nSPS) is 24.8. The van der Waals surface area contributed by atoms with Gasteiger partial charge in [-0.15, -0.1) is 0 Å². The first kappa shape index (κ1) is 15.1. The molecule has 1 atom stereocenters. The van der Waals surface area contributed by atoms with E-state index in [0.717, 1.165) is 41.2 Å². The number of benzene rings is 1. The predicted octanol–water partition coefficient (Wildman–Crippen LogP) is 4.81. The van der Waals surface area contributed by atoms with Crippen LogP contribution in [-0.4, -0.2) is 23.3 Å². The molecule has 21 heavy (non-hydrogen) atoms. The summed E-state index contributed by atoms with van der Waals surface area (Å²) in [4.78, 5) is 6.59. The lowest BCUT2D eigenvalue weighted by molar-refractivity contribution is -0.146. The fraction of sp³-hybridized carbons (Fsp3) is 0.562. The van der Waals surface area contributed by atoms with E-state index in [9.17, 15) is 0 Å². The van der Waals surface area contributed by atoms with Gasteiger partial charge >= 0.3 is 0 Å². The van der Waals surface area contributed by atoms with Crippen molar-refractivity contribution in [3.05, 3.63) is 28.3 Å². The Morgan fingerprint density at radius 3 is 2.62 bits per heavy atom. The Morgan fingerprint density at radius 2 is 2.05 bits per heavy atom. The van der Waals surface area contributed by atoms with Gasteiger partial charge in [0.2, 0.25) is 5.29 Å². The van der Waals surface area contributed by atoms with E-state index in [-0.39, 0.29) is 0 Å². The molecule has 0 amide bonds. The minimum absolute atomic E-state index is 0.416. The molecule has 2 aliphatic rings. The van der Waals surface area contributed by atoms with E-state index in [1.807, 2.05) is 26.0 Å². The number of aliphatic imine (C=N–C) groups is 1. The molecule has 0 aromatic heterocycles. The van der Waals surface area contributed by atoms with Gasteiger partial charge < -0.3 is 9.64 Å². The molecular formula is C16H20Cl2N2O. The molecule has 1 fully saturated rings. The zero-order valence-corrected chi connectivity index (χ0v) is 14.1. The molecule has 1 unspecified atom stereocenters. The van der Waals surface area contributed by atoms with Gasteiger partial charge in [0.1, 0.15) is 0 Å². The third-order valence-corrected chi connectivity index (χ3v) is 5.09. The number of amidine groups is 1. The van der Waals surface area contributed by atoms with Crippen LogP contribution in [0.15, 0.2) is 17.1 Å². The van der Waals surface area contributed by atoms with Crippen molar-refractivity contribution in [2.75, 3.05) is 13.2 Å². The third kappa shape index (κ3) is 2.18. The molecule has 114 valence electrons. The maximum Gasteiger partial charge on any atom is 0.201 e. The minimum Gasteiger partial charge on any atom is -0.351 e. The lowest BCUT2D eigenvalue weighted by Gasteiger charge is -2.47. The van der Waals surface area contributed by atoms with Gasteiger partial charge in [-0.1, -0.05) is 17.7 Å². The Kier molecular flexibility index (Phi) is 3.93. The van der Waals surface area contributed by atoms with Gasteiger partial charge in [-0.25, -0.2) is 4.99 Å². The zero-order chi connectivity index (χ0) is 15.2. The highest BCUT2D eigenvalue weighted by Gasteiger charge is 2.56. The Balaban J connectivity index is 2.29. The van der Waals surface area contributed by atoms with E-state index in [2.05, 4.69) is 16.8 Å². The minimum atomic E-state index is -0.569. The number of aryl methyl sites for hydroxylation is 1. The lowest BCUT2D eigenvalue weighted by atomic mass is 9.91. The molecule has 0 radical (unpaired) electrons. The molecule has 0 spiro atoms. The quantitative estimate of drug-likeness (QED) is 0.742. The topological polar surface area (TPSA) is 24.8 Å². The average molecular weight is 327 g/mol. The predicted molar refractivity (Wildman–Crippen MR) is 87.5 cm³/mol. The molecule has 0 bridgehead atoms. The molecular weight excluding hydrogens is 307 g/mol. The number of fused-ring (bicyclic) bond motifs is 1. The first-order valence-electron chi connectivity index (χ1n) is 7.51. The first-order chi connectivity index (χ1) is 10.1. The Morgan fingerprint density at radius 1 is 1.33 bits per heavy atom. The number of rotatable bonds is 4. The molecule has 0 N–H and O–H groups in total. The summed E-state index contributed by atoms with van der Waals surface area (Å²) in [7, 11) is 0. The summed E-state index contributed by atoms with van der Waals surface area (Å²) in [6.07, 6.45) is 2.26. The van der Waals surface area contributed by atoms with Crippen LogP contribution in [0, 0.1) is 12.8 Å². The van der Waals surface area contributed by atoms with Gasteiger partial charge in [0, 0.05) is 24.6 Å². The van der Waals surface area contributed by atoms with E-state index in [1.165, 1.54) is 0 Å². The summed E-state index contributed by atoms with van der Waals surface area (Å²) in [5.41, 5.74) is 2.30. The van der Waals surface area contributed by atoms with Gasteiger partial charge in [-0.05, 0) is 56.8 Å². The number of ether oxygens (including phenoxy) is 1. The Bertz CT molecular complexity index is 598. The SMILES string of the molecule is CCOC1(C2CC2)c2c(ccc(C)c2Cl)N=C(Cl)N1CC. The highest BCUT2D eigenvalue weighted by atomic mass is 35.5. The monoisotopic (exact) mass is 326 g/mol. The van der Waals surface area contributed by atoms with Crippen LogP contribution in [0.25, 0.3) is 0 Å². The standard InChI is InChI=1S/C16H20Cl2N2O/c1-4-20-15(18)19-12-9-6-10(3)14(17)13(12)16(20,21-5-2)11-7-8-11/h6,9,11H,4-5,7-8H2,1-3H3. The van der Waals surface area contributed by atoms with E-state index >= 15 is 0 Å². The number of hydrogen-bond acceptors (Lipinski definition) is 3. The molecule has 0 saturated heterocycles. The molecule has 1 saturated carbocycles. The fourth-order valence-electron chi connectivity index (χ4n) is 3.29. The van der Waals surface area contributed by atoms with Crippen molar-refractivity contribution in [2.45, 2.75) is 39.3 Å². The van der Waals surface area contributed by atoms with Gasteiger partial charge in [-0.3, -0.25) is 0 Å². The third-order valence-electron chi connectivity index (χ3n) is 4.32. The summed E-state index contributed by atoms with van der Waals surface area (Å²) < 4.78 is 6.31. The van der Waals surface area contributed by atoms with Gasteiger partial charge in [0.05, 0.1) is 10.7 Å².